The van der Waals surface area contributed by atoms with E-state index in [-0.39, 0.29) is 17.6 Å². The molecule has 2 amide bonds. The van der Waals surface area contributed by atoms with Gasteiger partial charge in [0, 0.05) is 35.5 Å². The Balaban J connectivity index is 1.79. The number of carbonyl (C=O) groups is 3. The zero-order valence-corrected chi connectivity index (χ0v) is 15.0. The van der Waals surface area contributed by atoms with Gasteiger partial charge in [-0.1, -0.05) is 18.2 Å². The fourth-order valence-electron chi connectivity index (χ4n) is 3.14. The Labute approximate surface area is 153 Å². The molecule has 0 atom stereocenters. The third kappa shape index (κ3) is 3.67. The average Bonchev–Trinajstić information content (AvgIpc) is 3.17. The van der Waals surface area contributed by atoms with Gasteiger partial charge in [-0.3, -0.25) is 14.4 Å². The summed E-state index contributed by atoms with van der Waals surface area (Å²) >= 11 is 0. The van der Waals surface area contributed by atoms with Crippen molar-refractivity contribution >= 4 is 23.3 Å². The van der Waals surface area contributed by atoms with E-state index >= 15 is 0 Å². The van der Waals surface area contributed by atoms with Crippen molar-refractivity contribution < 1.29 is 14.4 Å². The fraction of sp³-hybridized carbons (Fsp3) is 0.286. The highest BCUT2D eigenvalue weighted by atomic mass is 16.2. The Morgan fingerprint density at radius 2 is 1.54 bits per heavy atom. The Kier molecular flexibility index (Phi) is 5.16. The summed E-state index contributed by atoms with van der Waals surface area (Å²) in [6.07, 6.45) is 2.08. The Bertz CT molecular complexity index is 850. The predicted molar refractivity (Wildman–Crippen MR) is 101 cm³/mol. The van der Waals surface area contributed by atoms with Crippen LogP contribution in [0.2, 0.25) is 0 Å². The predicted octanol–water partition coefficient (Wildman–Crippen LogP) is 3.69. The molecule has 5 nitrogen and oxygen atoms in total. The summed E-state index contributed by atoms with van der Waals surface area (Å²) in [4.78, 5) is 38.3. The molecule has 5 heteroatoms. The summed E-state index contributed by atoms with van der Waals surface area (Å²) in [6.45, 7) is 4.91. The fourth-order valence-corrected chi connectivity index (χ4v) is 3.14. The van der Waals surface area contributed by atoms with Crippen LogP contribution in [-0.4, -0.2) is 35.6 Å². The van der Waals surface area contributed by atoms with Crippen LogP contribution < -0.4 is 5.32 Å². The van der Waals surface area contributed by atoms with E-state index in [1.807, 2.05) is 11.8 Å². The van der Waals surface area contributed by atoms with Crippen LogP contribution in [-0.2, 0) is 0 Å². The van der Waals surface area contributed by atoms with Crippen LogP contribution in [0.15, 0.2) is 42.5 Å². The highest BCUT2D eigenvalue weighted by molar-refractivity contribution is 6.06. The molecule has 1 aliphatic rings. The molecule has 0 aliphatic carbocycles. The van der Waals surface area contributed by atoms with Gasteiger partial charge in [-0.25, -0.2) is 0 Å². The van der Waals surface area contributed by atoms with Crippen molar-refractivity contribution in [2.45, 2.75) is 26.7 Å². The van der Waals surface area contributed by atoms with Crippen LogP contribution in [0.4, 0.5) is 5.69 Å². The third-order valence-corrected chi connectivity index (χ3v) is 4.76. The summed E-state index contributed by atoms with van der Waals surface area (Å²) in [7, 11) is 0. The minimum atomic E-state index is -0.269. The molecule has 2 aromatic rings. The lowest BCUT2D eigenvalue weighted by Crippen LogP contribution is -2.28. The largest absolute Gasteiger partial charge is 0.339 e. The van der Waals surface area contributed by atoms with E-state index in [0.29, 0.717) is 22.4 Å². The van der Waals surface area contributed by atoms with Crippen molar-refractivity contribution in [3.63, 3.8) is 0 Å². The molecule has 0 radical (unpaired) electrons. The first-order valence-corrected chi connectivity index (χ1v) is 8.78. The number of amides is 2. The Morgan fingerprint density at radius 1 is 0.923 bits per heavy atom. The number of carbonyl (C=O) groups excluding carboxylic acids is 3. The number of hydrogen-bond acceptors (Lipinski definition) is 3. The van der Waals surface area contributed by atoms with Gasteiger partial charge in [0.25, 0.3) is 11.8 Å². The van der Waals surface area contributed by atoms with E-state index in [1.54, 1.807) is 42.5 Å². The van der Waals surface area contributed by atoms with Gasteiger partial charge in [-0.05, 0) is 56.5 Å². The van der Waals surface area contributed by atoms with Crippen LogP contribution in [0.3, 0.4) is 0 Å². The zero-order valence-electron chi connectivity index (χ0n) is 15.0. The second-order valence-corrected chi connectivity index (χ2v) is 6.57. The third-order valence-electron chi connectivity index (χ3n) is 4.76. The van der Waals surface area contributed by atoms with E-state index in [2.05, 4.69) is 5.32 Å². The molecule has 134 valence electrons. The summed E-state index contributed by atoms with van der Waals surface area (Å²) in [6, 6.07) is 11.9. The number of anilines is 1. The minimum absolute atomic E-state index is 0.0157. The molecule has 1 aliphatic heterocycles. The summed E-state index contributed by atoms with van der Waals surface area (Å²) < 4.78 is 0. The lowest BCUT2D eigenvalue weighted by Gasteiger charge is -2.18. The van der Waals surface area contributed by atoms with E-state index in [0.717, 1.165) is 31.5 Å². The van der Waals surface area contributed by atoms with Gasteiger partial charge in [-0.15, -0.1) is 0 Å². The summed E-state index contributed by atoms with van der Waals surface area (Å²) in [5.41, 5.74) is 3.03. The van der Waals surface area contributed by atoms with Gasteiger partial charge in [0.05, 0.1) is 0 Å². The molecule has 3 rings (SSSR count). The number of benzene rings is 2. The van der Waals surface area contributed by atoms with Gasteiger partial charge in [0.1, 0.15) is 0 Å². The van der Waals surface area contributed by atoms with Gasteiger partial charge in [0.2, 0.25) is 0 Å². The van der Waals surface area contributed by atoms with Gasteiger partial charge in [-0.2, -0.15) is 0 Å². The maximum absolute atomic E-state index is 12.7. The van der Waals surface area contributed by atoms with Crippen molar-refractivity contribution in [1.82, 2.24) is 4.90 Å². The van der Waals surface area contributed by atoms with Gasteiger partial charge < -0.3 is 10.2 Å². The van der Waals surface area contributed by atoms with Crippen molar-refractivity contribution in [3.05, 3.63) is 64.7 Å². The maximum Gasteiger partial charge on any atom is 0.255 e. The van der Waals surface area contributed by atoms with E-state index in [1.165, 1.54) is 6.92 Å². The summed E-state index contributed by atoms with van der Waals surface area (Å²) in [5, 5.41) is 2.87. The number of ketones is 1. The van der Waals surface area contributed by atoms with Crippen LogP contribution in [0.1, 0.15) is 56.4 Å². The molecule has 0 saturated carbocycles. The first-order chi connectivity index (χ1) is 12.5. The summed E-state index contributed by atoms with van der Waals surface area (Å²) in [5.74, 6) is -0.295. The van der Waals surface area contributed by atoms with E-state index < -0.39 is 0 Å². The molecule has 1 saturated heterocycles. The lowest BCUT2D eigenvalue weighted by atomic mass is 10.0. The number of nitrogens with one attached hydrogen (secondary N) is 1. The Hall–Kier alpha value is -2.95. The zero-order chi connectivity index (χ0) is 18.7. The normalized spacial score (nSPS) is 13.5. The standard InChI is InChI=1S/C21H22N2O3/c1-14-18(21(26)23-12-3-4-13-23)6-5-7-19(14)22-20(25)17-10-8-16(9-11-17)15(2)24/h5-11H,3-4,12-13H2,1-2H3,(H,22,25). The maximum atomic E-state index is 12.7. The molecule has 0 bridgehead atoms. The first-order valence-electron chi connectivity index (χ1n) is 8.78. The second-order valence-electron chi connectivity index (χ2n) is 6.57. The van der Waals surface area contributed by atoms with Crippen molar-refractivity contribution in [2.75, 3.05) is 18.4 Å². The molecule has 26 heavy (non-hydrogen) atoms. The topological polar surface area (TPSA) is 66.5 Å². The number of hydrogen-bond donors (Lipinski definition) is 1. The first kappa shape index (κ1) is 17.9. The molecule has 1 heterocycles. The number of Topliss-reactive ketones (excluding diaryl/α,β-unsaturated/α-hetero) is 1. The van der Waals surface area contributed by atoms with E-state index in [9.17, 15) is 14.4 Å². The molecule has 1 fully saturated rings. The quantitative estimate of drug-likeness (QED) is 0.855. The minimum Gasteiger partial charge on any atom is -0.339 e. The van der Waals surface area contributed by atoms with Crippen LogP contribution in [0, 0.1) is 6.92 Å². The van der Waals surface area contributed by atoms with Gasteiger partial charge >= 0.3 is 0 Å². The second kappa shape index (κ2) is 7.52. The van der Waals surface area contributed by atoms with Crippen LogP contribution in [0.25, 0.3) is 0 Å². The molecule has 2 aromatic carbocycles. The van der Waals surface area contributed by atoms with E-state index in [4.69, 9.17) is 0 Å². The van der Waals surface area contributed by atoms with Crippen LogP contribution >= 0.6 is 0 Å². The van der Waals surface area contributed by atoms with Crippen LogP contribution in [0.5, 0.6) is 0 Å². The highest BCUT2D eigenvalue weighted by Crippen LogP contribution is 2.23. The molecule has 0 spiro atoms. The van der Waals surface area contributed by atoms with Crippen molar-refractivity contribution in [1.29, 1.82) is 0 Å². The molecule has 1 N–H and O–H groups in total. The van der Waals surface area contributed by atoms with Crippen molar-refractivity contribution in [2.24, 2.45) is 0 Å². The molecular formula is C21H22N2O3. The monoisotopic (exact) mass is 350 g/mol. The van der Waals surface area contributed by atoms with Gasteiger partial charge in [0.15, 0.2) is 5.78 Å². The lowest BCUT2D eigenvalue weighted by molar-refractivity contribution is 0.0791. The SMILES string of the molecule is CC(=O)c1ccc(C(=O)Nc2cccc(C(=O)N3CCCC3)c2C)cc1. The molecular weight excluding hydrogens is 328 g/mol. The van der Waals surface area contributed by atoms with Crippen molar-refractivity contribution in [3.8, 4) is 0 Å². The highest BCUT2D eigenvalue weighted by Gasteiger charge is 2.22. The number of rotatable bonds is 4. The molecule has 0 aromatic heterocycles. The number of likely N-dealkylation sites (tertiary alicyclic amines) is 1. The Morgan fingerprint density at radius 3 is 2.15 bits per heavy atom. The average molecular weight is 350 g/mol. The number of nitrogens with zero attached hydrogens (tertiary/aromatic N) is 1. The molecule has 0 unspecified atom stereocenters. The smallest absolute Gasteiger partial charge is 0.255 e.